The molecule has 2 aliphatic rings. The Kier molecular flexibility index (Phi) is 5.72. The van der Waals surface area contributed by atoms with E-state index in [0.717, 1.165) is 36.2 Å². The third kappa shape index (κ3) is 4.42. The van der Waals surface area contributed by atoms with Crippen molar-refractivity contribution in [3.63, 3.8) is 0 Å². The van der Waals surface area contributed by atoms with Crippen molar-refractivity contribution in [2.75, 3.05) is 53.5 Å². The normalized spacial score (nSPS) is 21.4. The number of benzene rings is 2. The molecule has 2 aromatic rings. The Labute approximate surface area is 182 Å². The first-order valence-corrected chi connectivity index (χ1v) is 11.9. The Morgan fingerprint density at radius 1 is 0.935 bits per heavy atom. The van der Waals surface area contributed by atoms with E-state index in [4.69, 9.17) is 0 Å². The van der Waals surface area contributed by atoms with Gasteiger partial charge in [-0.1, -0.05) is 6.92 Å². The van der Waals surface area contributed by atoms with E-state index in [1.807, 2.05) is 24.3 Å². The van der Waals surface area contributed by atoms with Gasteiger partial charge in [0.1, 0.15) is 0 Å². The molecular weight excluding hydrogens is 416 g/mol. The van der Waals surface area contributed by atoms with E-state index in [1.165, 1.54) is 24.3 Å². The smallest absolute Gasteiger partial charge is 0.255 e. The summed E-state index contributed by atoms with van der Waals surface area (Å²) in [7, 11) is -1.54. The van der Waals surface area contributed by atoms with Crippen LogP contribution in [-0.4, -0.2) is 64.1 Å². The minimum atomic E-state index is -3.66. The van der Waals surface area contributed by atoms with Gasteiger partial charge in [-0.2, -0.15) is 0 Å². The molecule has 9 heteroatoms. The van der Waals surface area contributed by atoms with Crippen molar-refractivity contribution in [2.24, 2.45) is 5.92 Å². The number of sulfonamides is 1. The fourth-order valence-corrected chi connectivity index (χ4v) is 5.68. The minimum absolute atomic E-state index is 0.196. The lowest BCUT2D eigenvalue weighted by Crippen LogP contribution is -2.44. The minimum Gasteiger partial charge on any atom is -0.369 e. The molecule has 0 aromatic heterocycles. The summed E-state index contributed by atoms with van der Waals surface area (Å²) >= 11 is 0. The quantitative estimate of drug-likeness (QED) is 0.779. The predicted octanol–water partition coefficient (Wildman–Crippen LogP) is 2.00. The number of carbonyl (C=O) groups excluding carboxylic acids is 2. The van der Waals surface area contributed by atoms with Crippen LogP contribution in [-0.2, 0) is 14.8 Å². The van der Waals surface area contributed by atoms with Gasteiger partial charge in [-0.05, 0) is 55.6 Å². The topological polar surface area (TPSA) is 90.0 Å². The Morgan fingerprint density at radius 3 is 2.06 bits per heavy atom. The maximum atomic E-state index is 12.6. The van der Waals surface area contributed by atoms with E-state index in [0.29, 0.717) is 11.3 Å². The van der Waals surface area contributed by atoms with Gasteiger partial charge in [-0.15, -0.1) is 0 Å². The number of hydrogen-bond acceptors (Lipinski definition) is 6. The lowest BCUT2D eigenvalue weighted by atomic mass is 10.1. The summed E-state index contributed by atoms with van der Waals surface area (Å²) in [5.41, 5.74) is 2.44. The average molecular weight is 443 g/mol. The maximum Gasteiger partial charge on any atom is 0.255 e. The van der Waals surface area contributed by atoms with E-state index in [1.54, 1.807) is 6.92 Å². The second-order valence-electron chi connectivity index (χ2n) is 8.12. The summed E-state index contributed by atoms with van der Waals surface area (Å²) in [6.45, 7) is 5.59. The number of nitrogens with zero attached hydrogens (tertiary/aromatic N) is 3. The first-order valence-electron chi connectivity index (χ1n) is 10.3. The maximum absolute atomic E-state index is 12.6. The largest absolute Gasteiger partial charge is 0.369 e. The number of nitrogens with one attached hydrogen (secondary N) is 1. The number of hydrogen-bond donors (Lipinski definition) is 1. The van der Waals surface area contributed by atoms with Gasteiger partial charge in [-0.3, -0.25) is 9.59 Å². The zero-order valence-corrected chi connectivity index (χ0v) is 18.4. The lowest BCUT2D eigenvalue weighted by molar-refractivity contribution is -0.119. The van der Waals surface area contributed by atoms with Crippen LogP contribution in [0.15, 0.2) is 48.5 Å². The molecule has 8 nitrogen and oxygen atoms in total. The molecule has 0 radical (unpaired) electrons. The van der Waals surface area contributed by atoms with Crippen LogP contribution in [0.3, 0.4) is 0 Å². The fraction of sp³-hybridized carbons (Fsp3) is 0.364. The molecule has 4 rings (SSSR count). The molecule has 0 bridgehead atoms. The highest BCUT2D eigenvalue weighted by atomic mass is 32.2. The molecule has 1 unspecified atom stereocenters. The zero-order valence-electron chi connectivity index (χ0n) is 17.6. The van der Waals surface area contributed by atoms with Crippen molar-refractivity contribution in [1.29, 1.82) is 0 Å². The van der Waals surface area contributed by atoms with Crippen LogP contribution in [0.25, 0.3) is 0 Å². The molecule has 0 spiro atoms. The number of carbonyl (C=O) groups is 2. The second-order valence-corrected chi connectivity index (χ2v) is 9.98. The van der Waals surface area contributed by atoms with E-state index < -0.39 is 21.8 Å². The Bertz CT molecular complexity index is 1080. The highest BCUT2D eigenvalue weighted by Gasteiger charge is 2.41. The van der Waals surface area contributed by atoms with Gasteiger partial charge in [0.15, 0.2) is 0 Å². The van der Waals surface area contributed by atoms with Gasteiger partial charge < -0.3 is 15.1 Å². The molecule has 2 fully saturated rings. The number of likely N-dealkylation sites (N-methyl/N-ethyl adjacent to an activating group) is 1. The Balaban J connectivity index is 1.42. The number of anilines is 3. The van der Waals surface area contributed by atoms with E-state index in [9.17, 15) is 18.0 Å². The molecule has 0 aliphatic carbocycles. The number of amides is 2. The molecule has 0 saturated carbocycles. The van der Waals surface area contributed by atoms with E-state index in [2.05, 4.69) is 22.2 Å². The zero-order chi connectivity index (χ0) is 22.2. The van der Waals surface area contributed by atoms with Crippen LogP contribution < -0.4 is 14.5 Å². The summed E-state index contributed by atoms with van der Waals surface area (Å²) < 4.78 is 25.3. The molecule has 2 saturated heterocycles. The summed E-state index contributed by atoms with van der Waals surface area (Å²) in [5, 5.41) is 2.85. The van der Waals surface area contributed by atoms with Crippen molar-refractivity contribution in [3.05, 3.63) is 54.1 Å². The van der Waals surface area contributed by atoms with Crippen molar-refractivity contribution in [2.45, 2.75) is 6.92 Å². The lowest BCUT2D eigenvalue weighted by Gasteiger charge is -2.34. The number of rotatable bonds is 4. The summed E-state index contributed by atoms with van der Waals surface area (Å²) in [6, 6.07) is 13.7. The third-order valence-electron chi connectivity index (χ3n) is 5.72. The van der Waals surface area contributed by atoms with Crippen LogP contribution in [0.5, 0.6) is 0 Å². The molecule has 1 atom stereocenters. The van der Waals surface area contributed by atoms with Gasteiger partial charge in [0.05, 0.1) is 17.4 Å². The molecule has 2 heterocycles. The van der Waals surface area contributed by atoms with E-state index >= 15 is 0 Å². The van der Waals surface area contributed by atoms with Crippen molar-refractivity contribution in [3.8, 4) is 0 Å². The monoisotopic (exact) mass is 442 g/mol. The SMILES string of the molecule is CC1CS(=O)(=O)N(c2ccc(C(=O)Nc3ccc(N4CCN(C)CC4)cc3)cc2)C1=O. The molecule has 2 aliphatic heterocycles. The van der Waals surface area contributed by atoms with Gasteiger partial charge in [0, 0.05) is 43.1 Å². The molecule has 2 aromatic carbocycles. The van der Waals surface area contributed by atoms with Crippen LogP contribution in [0.1, 0.15) is 17.3 Å². The first kappa shape index (κ1) is 21.3. The van der Waals surface area contributed by atoms with Gasteiger partial charge in [-0.25, -0.2) is 12.7 Å². The molecule has 31 heavy (non-hydrogen) atoms. The Hall–Kier alpha value is -2.91. The van der Waals surface area contributed by atoms with Crippen LogP contribution in [0, 0.1) is 5.92 Å². The highest BCUT2D eigenvalue weighted by Crippen LogP contribution is 2.28. The van der Waals surface area contributed by atoms with Gasteiger partial charge in [0.25, 0.3) is 5.91 Å². The molecule has 164 valence electrons. The van der Waals surface area contributed by atoms with Crippen molar-refractivity contribution in [1.82, 2.24) is 4.90 Å². The Morgan fingerprint density at radius 2 is 1.52 bits per heavy atom. The highest BCUT2D eigenvalue weighted by molar-refractivity contribution is 7.94. The summed E-state index contributed by atoms with van der Waals surface area (Å²) in [5.74, 6) is -1.51. The van der Waals surface area contributed by atoms with Crippen molar-refractivity contribution >= 4 is 38.9 Å². The van der Waals surface area contributed by atoms with Crippen LogP contribution >= 0.6 is 0 Å². The molecule has 2 amide bonds. The van der Waals surface area contributed by atoms with Gasteiger partial charge in [0.2, 0.25) is 15.9 Å². The van der Waals surface area contributed by atoms with Gasteiger partial charge >= 0.3 is 0 Å². The van der Waals surface area contributed by atoms with E-state index in [-0.39, 0.29) is 17.3 Å². The summed E-state index contributed by atoms with van der Waals surface area (Å²) in [6.07, 6.45) is 0. The van der Waals surface area contributed by atoms with Crippen molar-refractivity contribution < 1.29 is 18.0 Å². The summed E-state index contributed by atoms with van der Waals surface area (Å²) in [4.78, 5) is 29.4. The standard InChI is InChI=1S/C22H26N4O4S/c1-16-15-31(29,30)26(22(16)28)20-7-3-17(4-8-20)21(27)23-18-5-9-19(10-6-18)25-13-11-24(2)12-14-25/h3-10,16H,11-15H2,1-2H3,(H,23,27). The molecule has 1 N–H and O–H groups in total. The first-order chi connectivity index (χ1) is 14.7. The average Bonchev–Trinajstić information content (AvgIpc) is 2.96. The van der Waals surface area contributed by atoms with Crippen LogP contribution in [0.2, 0.25) is 0 Å². The fourth-order valence-electron chi connectivity index (χ4n) is 3.86. The molecular formula is C22H26N4O4S. The van der Waals surface area contributed by atoms with Crippen LogP contribution in [0.4, 0.5) is 17.1 Å². The predicted molar refractivity (Wildman–Crippen MR) is 121 cm³/mol. The number of piperazine rings is 1. The second kappa shape index (κ2) is 8.32. The third-order valence-corrected chi connectivity index (χ3v) is 7.59.